The first-order valence-corrected chi connectivity index (χ1v) is 3.76. The summed E-state index contributed by atoms with van der Waals surface area (Å²) in [5, 5.41) is 0. The molecule has 1 heterocycles. The van der Waals surface area contributed by atoms with Crippen LogP contribution in [0.1, 0.15) is 20.3 Å². The molecule has 0 aromatic carbocycles. The normalized spacial score (nSPS) is 31.8. The van der Waals surface area contributed by atoms with Gasteiger partial charge in [-0.25, -0.2) is 0 Å². The Balaban J connectivity index is 2.29. The minimum Gasteiger partial charge on any atom is -0.473 e. The molecular formula is C8H14O2. The summed E-state index contributed by atoms with van der Waals surface area (Å²) in [6.07, 6.45) is 4.75. The summed E-state index contributed by atoms with van der Waals surface area (Å²) in [5.74, 6) is 0.588. The Morgan fingerprint density at radius 2 is 2.50 bits per heavy atom. The first kappa shape index (κ1) is 7.61. The lowest BCUT2D eigenvalue weighted by Crippen LogP contribution is -2.20. The Hall–Kier alpha value is -0.500. The third-order valence-electron chi connectivity index (χ3n) is 1.55. The molecule has 1 aliphatic heterocycles. The SMILES string of the molecule is CCO[C@@H]1C[C@H](C)C=CO1. The molecule has 0 unspecified atom stereocenters. The van der Waals surface area contributed by atoms with E-state index in [4.69, 9.17) is 9.47 Å². The molecule has 2 heteroatoms. The average Bonchev–Trinajstić information content (AvgIpc) is 1.88. The molecule has 0 aliphatic carbocycles. The molecule has 2 nitrogen and oxygen atoms in total. The van der Waals surface area contributed by atoms with E-state index in [0.29, 0.717) is 5.92 Å². The molecule has 0 amide bonds. The largest absolute Gasteiger partial charge is 0.473 e. The smallest absolute Gasteiger partial charge is 0.199 e. The van der Waals surface area contributed by atoms with Crippen molar-refractivity contribution in [2.75, 3.05) is 6.61 Å². The van der Waals surface area contributed by atoms with Crippen molar-refractivity contribution in [2.24, 2.45) is 5.92 Å². The lowest BCUT2D eigenvalue weighted by Gasteiger charge is -2.22. The highest BCUT2D eigenvalue weighted by Gasteiger charge is 2.14. The van der Waals surface area contributed by atoms with Crippen molar-refractivity contribution in [2.45, 2.75) is 26.6 Å². The van der Waals surface area contributed by atoms with E-state index in [2.05, 4.69) is 13.0 Å². The van der Waals surface area contributed by atoms with E-state index in [0.717, 1.165) is 13.0 Å². The van der Waals surface area contributed by atoms with Crippen molar-refractivity contribution in [1.82, 2.24) is 0 Å². The Morgan fingerprint density at radius 3 is 3.10 bits per heavy atom. The van der Waals surface area contributed by atoms with E-state index in [1.807, 2.05) is 6.92 Å². The van der Waals surface area contributed by atoms with Gasteiger partial charge in [0.05, 0.1) is 6.26 Å². The minimum absolute atomic E-state index is 0.00926. The molecule has 1 aliphatic rings. The second-order valence-corrected chi connectivity index (χ2v) is 2.56. The van der Waals surface area contributed by atoms with Gasteiger partial charge in [0.1, 0.15) is 0 Å². The molecule has 0 spiro atoms. The Labute approximate surface area is 61.8 Å². The first-order valence-electron chi connectivity index (χ1n) is 3.76. The summed E-state index contributed by atoms with van der Waals surface area (Å²) < 4.78 is 10.5. The fraction of sp³-hybridized carbons (Fsp3) is 0.750. The minimum atomic E-state index is -0.00926. The molecule has 1 rings (SSSR count). The monoisotopic (exact) mass is 142 g/mol. The number of rotatable bonds is 2. The van der Waals surface area contributed by atoms with Crippen molar-refractivity contribution >= 4 is 0 Å². The molecule has 0 fully saturated rings. The molecule has 0 aromatic rings. The van der Waals surface area contributed by atoms with Gasteiger partial charge in [-0.15, -0.1) is 0 Å². The summed E-state index contributed by atoms with van der Waals surface area (Å²) >= 11 is 0. The van der Waals surface area contributed by atoms with E-state index >= 15 is 0 Å². The standard InChI is InChI=1S/C8H14O2/c1-3-9-8-6-7(2)4-5-10-8/h4-5,7-8H,3,6H2,1-2H3/t7-,8+/m1/s1. The van der Waals surface area contributed by atoms with Crippen LogP contribution in [0.4, 0.5) is 0 Å². The van der Waals surface area contributed by atoms with Crippen LogP contribution in [-0.4, -0.2) is 12.9 Å². The predicted octanol–water partition coefficient (Wildman–Crippen LogP) is 1.92. The van der Waals surface area contributed by atoms with Gasteiger partial charge < -0.3 is 9.47 Å². The third kappa shape index (κ3) is 2.03. The molecule has 10 heavy (non-hydrogen) atoms. The Kier molecular flexibility index (Phi) is 2.75. The maximum atomic E-state index is 5.28. The van der Waals surface area contributed by atoms with Gasteiger partial charge in [0, 0.05) is 13.0 Å². The van der Waals surface area contributed by atoms with Gasteiger partial charge in [0.25, 0.3) is 0 Å². The van der Waals surface area contributed by atoms with Crippen LogP contribution in [0.15, 0.2) is 12.3 Å². The highest BCUT2D eigenvalue weighted by molar-refractivity contribution is 4.85. The summed E-state index contributed by atoms with van der Waals surface area (Å²) in [6, 6.07) is 0. The van der Waals surface area contributed by atoms with E-state index in [-0.39, 0.29) is 6.29 Å². The molecule has 0 N–H and O–H groups in total. The van der Waals surface area contributed by atoms with Gasteiger partial charge in [-0.1, -0.05) is 6.92 Å². The lowest BCUT2D eigenvalue weighted by molar-refractivity contribution is -0.117. The summed E-state index contributed by atoms with van der Waals surface area (Å²) in [6.45, 7) is 4.86. The molecule has 0 saturated heterocycles. The van der Waals surface area contributed by atoms with Crippen LogP contribution in [-0.2, 0) is 9.47 Å². The average molecular weight is 142 g/mol. The van der Waals surface area contributed by atoms with Gasteiger partial charge in [0.2, 0.25) is 0 Å². The molecule has 0 saturated carbocycles. The fourth-order valence-electron chi connectivity index (χ4n) is 0.998. The zero-order valence-corrected chi connectivity index (χ0v) is 6.54. The van der Waals surface area contributed by atoms with Crippen LogP contribution in [0.2, 0.25) is 0 Å². The summed E-state index contributed by atoms with van der Waals surface area (Å²) in [4.78, 5) is 0. The van der Waals surface area contributed by atoms with Gasteiger partial charge in [-0.2, -0.15) is 0 Å². The van der Waals surface area contributed by atoms with E-state index in [1.54, 1.807) is 6.26 Å². The number of allylic oxidation sites excluding steroid dienone is 1. The van der Waals surface area contributed by atoms with Crippen LogP contribution in [0.25, 0.3) is 0 Å². The molecule has 0 aromatic heterocycles. The van der Waals surface area contributed by atoms with Crippen LogP contribution in [0, 0.1) is 5.92 Å². The summed E-state index contributed by atoms with van der Waals surface area (Å²) in [5.41, 5.74) is 0. The number of hydrogen-bond donors (Lipinski definition) is 0. The number of hydrogen-bond acceptors (Lipinski definition) is 2. The maximum Gasteiger partial charge on any atom is 0.199 e. The first-order chi connectivity index (χ1) is 4.83. The second kappa shape index (κ2) is 3.62. The van der Waals surface area contributed by atoms with Crippen LogP contribution < -0.4 is 0 Å². The van der Waals surface area contributed by atoms with Gasteiger partial charge in [0.15, 0.2) is 6.29 Å². The van der Waals surface area contributed by atoms with E-state index < -0.39 is 0 Å². The zero-order chi connectivity index (χ0) is 7.40. The van der Waals surface area contributed by atoms with Gasteiger partial charge in [-0.3, -0.25) is 0 Å². The van der Waals surface area contributed by atoms with Crippen LogP contribution in [0.5, 0.6) is 0 Å². The lowest BCUT2D eigenvalue weighted by atomic mass is 10.1. The quantitative estimate of drug-likeness (QED) is 0.586. The van der Waals surface area contributed by atoms with Crippen LogP contribution in [0.3, 0.4) is 0 Å². The van der Waals surface area contributed by atoms with E-state index in [1.165, 1.54) is 0 Å². The Bertz CT molecular complexity index is 120. The molecule has 58 valence electrons. The highest BCUT2D eigenvalue weighted by atomic mass is 16.7. The van der Waals surface area contributed by atoms with E-state index in [9.17, 15) is 0 Å². The van der Waals surface area contributed by atoms with Crippen molar-refractivity contribution in [3.8, 4) is 0 Å². The third-order valence-corrected chi connectivity index (χ3v) is 1.55. The van der Waals surface area contributed by atoms with Crippen molar-refractivity contribution in [3.63, 3.8) is 0 Å². The highest BCUT2D eigenvalue weighted by Crippen LogP contribution is 2.16. The van der Waals surface area contributed by atoms with Crippen molar-refractivity contribution in [3.05, 3.63) is 12.3 Å². The topological polar surface area (TPSA) is 18.5 Å². The van der Waals surface area contributed by atoms with Crippen LogP contribution >= 0.6 is 0 Å². The molecule has 2 atom stereocenters. The maximum absolute atomic E-state index is 5.28. The fourth-order valence-corrected chi connectivity index (χ4v) is 0.998. The van der Waals surface area contributed by atoms with Gasteiger partial charge >= 0.3 is 0 Å². The van der Waals surface area contributed by atoms with Gasteiger partial charge in [-0.05, 0) is 18.9 Å². The molecule has 0 radical (unpaired) electrons. The molecular weight excluding hydrogens is 128 g/mol. The summed E-state index contributed by atoms with van der Waals surface area (Å²) in [7, 11) is 0. The van der Waals surface area contributed by atoms with Crippen molar-refractivity contribution < 1.29 is 9.47 Å². The zero-order valence-electron chi connectivity index (χ0n) is 6.54. The second-order valence-electron chi connectivity index (χ2n) is 2.56. The van der Waals surface area contributed by atoms with Crippen molar-refractivity contribution in [1.29, 1.82) is 0 Å². The number of ether oxygens (including phenoxy) is 2. The Morgan fingerprint density at radius 1 is 1.70 bits per heavy atom. The molecule has 0 bridgehead atoms. The predicted molar refractivity (Wildman–Crippen MR) is 39.4 cm³/mol.